The third-order valence-electron chi connectivity index (χ3n) is 9.64. The fourth-order valence-electron chi connectivity index (χ4n) is 7.32. The minimum Gasteiger partial charge on any atom is -0.343 e. The van der Waals surface area contributed by atoms with Crippen LogP contribution in [0.5, 0.6) is 0 Å². The molecule has 0 unspecified atom stereocenters. The number of aromatic nitrogens is 3. The predicted molar refractivity (Wildman–Crippen MR) is 211 cm³/mol. The number of anilines is 4. The fraction of sp³-hybridized carbons (Fsp3) is 0.0435. The maximum atomic E-state index is 5.54. The van der Waals surface area contributed by atoms with E-state index < -0.39 is 0 Å². The molecule has 0 bridgehead atoms. The summed E-state index contributed by atoms with van der Waals surface area (Å²) in [6.07, 6.45) is 4.33. The molecule has 244 valence electrons. The Kier molecular flexibility index (Phi) is 7.71. The highest BCUT2D eigenvalue weighted by atomic mass is 15.5. The zero-order valence-electron chi connectivity index (χ0n) is 28.2. The molecule has 1 aliphatic heterocycles. The van der Waals surface area contributed by atoms with Crippen molar-refractivity contribution >= 4 is 40.0 Å². The van der Waals surface area contributed by atoms with Crippen LogP contribution >= 0.6 is 0 Å². The molecule has 0 N–H and O–H groups in total. The number of rotatable bonds is 7. The monoisotopic (exact) mass is 657 g/mol. The van der Waals surface area contributed by atoms with Crippen molar-refractivity contribution in [2.45, 2.75) is 6.17 Å². The standard InChI is InChI=1S/C46H35N5/c1-49-40-30-18-17-29-38(40)39(44(49)35-23-11-4-12-24-35)31-32-41-50(36-25-13-5-14-26-36)45-46(51(41)37-27-15-6-16-28-37)48-43(34-21-9-3-10-22-34)42(47-45)33-19-7-2-8-20-33/h2-32,41H,1H3/b32-31+. The van der Waals surface area contributed by atoms with E-state index in [1.165, 1.54) is 27.7 Å². The second kappa shape index (κ2) is 13.0. The van der Waals surface area contributed by atoms with E-state index in [2.05, 4.69) is 197 Å². The molecule has 5 heteroatoms. The average Bonchev–Trinajstić information content (AvgIpc) is 3.68. The van der Waals surface area contributed by atoms with Gasteiger partial charge >= 0.3 is 0 Å². The molecule has 0 atom stereocenters. The highest BCUT2D eigenvalue weighted by molar-refractivity contribution is 5.98. The van der Waals surface area contributed by atoms with Crippen LogP contribution in [-0.4, -0.2) is 20.7 Å². The van der Waals surface area contributed by atoms with Gasteiger partial charge in [-0.3, -0.25) is 9.80 Å². The van der Waals surface area contributed by atoms with Crippen molar-refractivity contribution in [1.29, 1.82) is 0 Å². The molecule has 0 amide bonds. The van der Waals surface area contributed by atoms with Gasteiger partial charge in [0.25, 0.3) is 0 Å². The van der Waals surface area contributed by atoms with Crippen molar-refractivity contribution in [3.8, 4) is 33.8 Å². The Morgan fingerprint density at radius 1 is 0.471 bits per heavy atom. The third kappa shape index (κ3) is 5.36. The molecule has 1 aliphatic rings. The minimum atomic E-state index is -0.276. The average molecular weight is 658 g/mol. The fourth-order valence-corrected chi connectivity index (χ4v) is 7.32. The van der Waals surface area contributed by atoms with Crippen molar-refractivity contribution in [3.05, 3.63) is 188 Å². The molecule has 9 rings (SSSR count). The first-order valence-electron chi connectivity index (χ1n) is 17.3. The molecule has 51 heavy (non-hydrogen) atoms. The Labute approximate surface area is 298 Å². The minimum absolute atomic E-state index is 0.276. The van der Waals surface area contributed by atoms with Crippen molar-refractivity contribution < 1.29 is 0 Å². The summed E-state index contributed by atoms with van der Waals surface area (Å²) in [4.78, 5) is 15.7. The molecular weight excluding hydrogens is 623 g/mol. The van der Waals surface area contributed by atoms with Crippen LogP contribution in [0.2, 0.25) is 0 Å². The summed E-state index contributed by atoms with van der Waals surface area (Å²) >= 11 is 0. The largest absolute Gasteiger partial charge is 0.343 e. The van der Waals surface area contributed by atoms with Crippen molar-refractivity contribution in [2.75, 3.05) is 9.80 Å². The topological polar surface area (TPSA) is 37.2 Å². The van der Waals surface area contributed by atoms with Crippen LogP contribution in [0, 0.1) is 0 Å². The van der Waals surface area contributed by atoms with E-state index in [9.17, 15) is 0 Å². The molecule has 0 aliphatic carbocycles. The van der Waals surface area contributed by atoms with Gasteiger partial charge in [0.1, 0.15) is 6.17 Å². The van der Waals surface area contributed by atoms with Crippen LogP contribution in [0.4, 0.5) is 23.0 Å². The Morgan fingerprint density at radius 3 is 1.37 bits per heavy atom. The van der Waals surface area contributed by atoms with Crippen molar-refractivity contribution in [3.63, 3.8) is 0 Å². The summed E-state index contributed by atoms with van der Waals surface area (Å²) in [7, 11) is 2.16. The van der Waals surface area contributed by atoms with Gasteiger partial charge in [-0.25, -0.2) is 9.97 Å². The van der Waals surface area contributed by atoms with Crippen LogP contribution in [0.3, 0.4) is 0 Å². The second-order valence-electron chi connectivity index (χ2n) is 12.7. The van der Waals surface area contributed by atoms with Gasteiger partial charge in [0.05, 0.1) is 17.1 Å². The lowest BCUT2D eigenvalue weighted by Crippen LogP contribution is -2.36. The van der Waals surface area contributed by atoms with Gasteiger partial charge in [-0.15, -0.1) is 0 Å². The molecule has 0 saturated heterocycles. The van der Waals surface area contributed by atoms with E-state index in [0.717, 1.165) is 45.5 Å². The number of fused-ring (bicyclic) bond motifs is 2. The molecular formula is C46H35N5. The van der Waals surface area contributed by atoms with Gasteiger partial charge in [0, 0.05) is 46.0 Å². The summed E-state index contributed by atoms with van der Waals surface area (Å²) < 4.78 is 2.30. The van der Waals surface area contributed by atoms with Crippen LogP contribution < -0.4 is 9.80 Å². The Bertz CT molecular complexity index is 2370. The molecule has 6 aromatic carbocycles. The van der Waals surface area contributed by atoms with Crippen molar-refractivity contribution in [2.24, 2.45) is 7.05 Å². The molecule has 0 saturated carbocycles. The smallest absolute Gasteiger partial charge is 0.179 e. The maximum Gasteiger partial charge on any atom is 0.179 e. The first kappa shape index (κ1) is 30.3. The highest BCUT2D eigenvalue weighted by Gasteiger charge is 2.40. The number of aryl methyl sites for hydroxylation is 1. The summed E-state index contributed by atoms with van der Waals surface area (Å²) in [5, 5.41) is 1.21. The highest BCUT2D eigenvalue weighted by Crippen LogP contribution is 2.49. The Hall–Kier alpha value is -6.72. The van der Waals surface area contributed by atoms with E-state index in [0.29, 0.717) is 0 Å². The van der Waals surface area contributed by atoms with E-state index in [1.807, 2.05) is 12.1 Å². The van der Waals surface area contributed by atoms with Gasteiger partial charge in [0.15, 0.2) is 11.6 Å². The zero-order valence-corrected chi connectivity index (χ0v) is 28.2. The lowest BCUT2D eigenvalue weighted by atomic mass is 10.0. The predicted octanol–water partition coefficient (Wildman–Crippen LogP) is 11.3. The SMILES string of the molecule is Cn1c(-c2ccccc2)c(/C=C/C2N(c3ccccc3)c3nc(-c4ccccc4)c(-c4ccccc4)nc3N2c2ccccc2)c2ccccc21. The summed E-state index contributed by atoms with van der Waals surface area (Å²) in [6.45, 7) is 0. The van der Waals surface area contributed by atoms with Crippen LogP contribution in [0.25, 0.3) is 50.8 Å². The summed E-state index contributed by atoms with van der Waals surface area (Å²) in [5.74, 6) is 1.61. The van der Waals surface area contributed by atoms with E-state index in [1.54, 1.807) is 0 Å². The number of hydrogen-bond acceptors (Lipinski definition) is 4. The molecule has 5 nitrogen and oxygen atoms in total. The number of nitrogens with zero attached hydrogens (tertiary/aromatic N) is 5. The first-order chi connectivity index (χ1) is 25.3. The molecule has 0 spiro atoms. The Balaban J connectivity index is 1.31. The summed E-state index contributed by atoms with van der Waals surface area (Å²) in [5.41, 5.74) is 10.5. The lowest BCUT2D eigenvalue weighted by Gasteiger charge is -2.30. The zero-order chi connectivity index (χ0) is 34.1. The molecule has 3 heterocycles. The van der Waals surface area contributed by atoms with E-state index in [4.69, 9.17) is 9.97 Å². The van der Waals surface area contributed by atoms with E-state index in [-0.39, 0.29) is 6.17 Å². The van der Waals surface area contributed by atoms with Gasteiger partial charge in [0.2, 0.25) is 0 Å². The third-order valence-corrected chi connectivity index (χ3v) is 9.64. The van der Waals surface area contributed by atoms with Gasteiger partial charge in [-0.1, -0.05) is 152 Å². The molecule has 0 radical (unpaired) electrons. The lowest BCUT2D eigenvalue weighted by molar-refractivity contribution is 0.828. The van der Waals surface area contributed by atoms with Crippen LogP contribution in [0.1, 0.15) is 5.56 Å². The second-order valence-corrected chi connectivity index (χ2v) is 12.7. The molecule has 2 aromatic heterocycles. The summed E-state index contributed by atoms with van der Waals surface area (Å²) in [6, 6.07) is 61.2. The van der Waals surface area contributed by atoms with Crippen molar-refractivity contribution in [1.82, 2.24) is 14.5 Å². The van der Waals surface area contributed by atoms with Gasteiger partial charge in [-0.2, -0.15) is 0 Å². The van der Waals surface area contributed by atoms with Crippen LogP contribution in [0.15, 0.2) is 182 Å². The molecule has 0 fully saturated rings. The van der Waals surface area contributed by atoms with E-state index >= 15 is 0 Å². The normalized spacial score (nSPS) is 13.0. The van der Waals surface area contributed by atoms with Crippen LogP contribution in [-0.2, 0) is 7.05 Å². The molecule has 8 aromatic rings. The quantitative estimate of drug-likeness (QED) is 0.171. The first-order valence-corrected chi connectivity index (χ1v) is 17.3. The Morgan fingerprint density at radius 2 is 0.882 bits per heavy atom. The van der Waals surface area contributed by atoms with Gasteiger partial charge < -0.3 is 4.57 Å². The number of benzene rings is 6. The number of hydrogen-bond donors (Lipinski definition) is 0. The van der Waals surface area contributed by atoms with Gasteiger partial charge in [-0.05, 0) is 42.0 Å². The number of para-hydroxylation sites is 3. The maximum absolute atomic E-state index is 5.54.